The van der Waals surface area contributed by atoms with E-state index in [1.54, 1.807) is 10.7 Å². The number of allylic oxidation sites excluding steroid dienone is 1. The number of rotatable bonds is 2. The van der Waals surface area contributed by atoms with Crippen LogP contribution in [0.4, 0.5) is 0 Å². The molecule has 3 aromatic rings. The molecule has 2 aromatic carbocycles. The molecule has 0 fully saturated rings. The maximum atomic E-state index is 9.92. The monoisotopic (exact) mass is 360 g/mol. The molecule has 0 spiro atoms. The van der Waals surface area contributed by atoms with Crippen molar-refractivity contribution >= 4 is 0 Å². The number of fused-ring (bicyclic) bond motifs is 1. The van der Waals surface area contributed by atoms with Crippen molar-refractivity contribution in [3.8, 4) is 29.1 Å². The Bertz CT molecular complexity index is 1110. The second-order valence-corrected chi connectivity index (χ2v) is 6.22. The summed E-state index contributed by atoms with van der Waals surface area (Å²) in [6.07, 6.45) is 0. The van der Waals surface area contributed by atoms with Gasteiger partial charge in [-0.25, -0.2) is 4.68 Å². The summed E-state index contributed by atoms with van der Waals surface area (Å²) in [6, 6.07) is 16.0. The predicted octanol–water partition coefficient (Wildman–Crippen LogP) is 2.81. The van der Waals surface area contributed by atoms with Gasteiger partial charge in [-0.05, 0) is 36.8 Å². The van der Waals surface area contributed by atoms with Crippen LogP contribution in [-0.4, -0.2) is 20.0 Å². The van der Waals surface area contributed by atoms with E-state index >= 15 is 0 Å². The molecule has 0 radical (unpaired) electrons. The highest BCUT2D eigenvalue weighted by atomic mass is 16.5. The molecular formula is C20H16N4O3. The third-order valence-corrected chi connectivity index (χ3v) is 4.57. The van der Waals surface area contributed by atoms with Gasteiger partial charge in [0.2, 0.25) is 11.8 Å². The van der Waals surface area contributed by atoms with Crippen molar-refractivity contribution in [1.29, 1.82) is 5.26 Å². The highest BCUT2D eigenvalue weighted by molar-refractivity contribution is 5.58. The van der Waals surface area contributed by atoms with Crippen LogP contribution in [0.2, 0.25) is 0 Å². The first-order valence-electron chi connectivity index (χ1n) is 8.25. The van der Waals surface area contributed by atoms with E-state index in [4.69, 9.17) is 10.5 Å². The van der Waals surface area contributed by atoms with E-state index in [-0.39, 0.29) is 23.0 Å². The van der Waals surface area contributed by atoms with Crippen LogP contribution < -0.4 is 10.5 Å². The van der Waals surface area contributed by atoms with Crippen LogP contribution in [0.15, 0.2) is 60.0 Å². The Labute approximate surface area is 155 Å². The van der Waals surface area contributed by atoms with Crippen LogP contribution in [0.25, 0.3) is 5.69 Å². The number of benzene rings is 2. The fourth-order valence-corrected chi connectivity index (χ4v) is 3.31. The Morgan fingerprint density at radius 1 is 1.15 bits per heavy atom. The van der Waals surface area contributed by atoms with Crippen molar-refractivity contribution in [1.82, 2.24) is 9.78 Å². The van der Waals surface area contributed by atoms with E-state index in [1.165, 1.54) is 12.1 Å². The molecule has 0 unspecified atom stereocenters. The van der Waals surface area contributed by atoms with Crippen LogP contribution in [0.5, 0.6) is 17.4 Å². The normalized spacial score (nSPS) is 15.8. The van der Waals surface area contributed by atoms with Gasteiger partial charge in [0.15, 0.2) is 11.5 Å². The number of nitriles is 1. The fraction of sp³-hybridized carbons (Fsp3) is 0.100. The van der Waals surface area contributed by atoms with Crippen molar-refractivity contribution in [2.75, 3.05) is 0 Å². The molecule has 7 heteroatoms. The average Bonchev–Trinajstić information content (AvgIpc) is 2.99. The molecule has 27 heavy (non-hydrogen) atoms. The van der Waals surface area contributed by atoms with Gasteiger partial charge in [0, 0.05) is 0 Å². The second kappa shape index (κ2) is 6.11. The lowest BCUT2D eigenvalue weighted by Gasteiger charge is -2.25. The number of aryl methyl sites for hydroxylation is 1. The molecule has 4 rings (SSSR count). The summed E-state index contributed by atoms with van der Waals surface area (Å²) in [7, 11) is 0. The largest absolute Gasteiger partial charge is 0.504 e. The minimum Gasteiger partial charge on any atom is -0.504 e. The van der Waals surface area contributed by atoms with Crippen LogP contribution in [-0.2, 0) is 0 Å². The quantitative estimate of drug-likeness (QED) is 0.605. The molecule has 1 aromatic heterocycles. The van der Waals surface area contributed by atoms with Gasteiger partial charge < -0.3 is 20.7 Å². The van der Waals surface area contributed by atoms with Crippen molar-refractivity contribution in [3.05, 3.63) is 76.8 Å². The number of nitrogens with zero attached hydrogens (tertiary/aromatic N) is 3. The lowest BCUT2D eigenvalue weighted by atomic mass is 9.84. The maximum Gasteiger partial charge on any atom is 0.229 e. The molecule has 4 N–H and O–H groups in total. The van der Waals surface area contributed by atoms with Crippen LogP contribution in [0.1, 0.15) is 22.7 Å². The minimum atomic E-state index is -0.567. The zero-order valence-corrected chi connectivity index (χ0v) is 14.4. The highest BCUT2D eigenvalue weighted by Gasteiger charge is 2.36. The van der Waals surface area contributed by atoms with Gasteiger partial charge in [-0.1, -0.05) is 24.3 Å². The number of phenolic OH excluding ortho intramolecular Hbond substituents is 2. The lowest BCUT2D eigenvalue weighted by molar-refractivity contribution is 0.366. The number of para-hydroxylation sites is 1. The molecule has 1 aliphatic rings. The Morgan fingerprint density at radius 3 is 2.56 bits per heavy atom. The summed E-state index contributed by atoms with van der Waals surface area (Å²) >= 11 is 0. The summed E-state index contributed by atoms with van der Waals surface area (Å²) in [5.74, 6) is -0.669. The van der Waals surface area contributed by atoms with Crippen molar-refractivity contribution in [2.24, 2.45) is 5.73 Å². The van der Waals surface area contributed by atoms with E-state index in [0.717, 1.165) is 5.69 Å². The molecule has 0 bridgehead atoms. The molecule has 7 nitrogen and oxygen atoms in total. The zero-order valence-electron chi connectivity index (χ0n) is 14.4. The third-order valence-electron chi connectivity index (χ3n) is 4.57. The molecule has 0 saturated heterocycles. The van der Waals surface area contributed by atoms with Gasteiger partial charge in [0.25, 0.3) is 0 Å². The Kier molecular flexibility index (Phi) is 3.74. The molecule has 0 saturated carbocycles. The smallest absolute Gasteiger partial charge is 0.229 e. The number of aromatic hydroxyl groups is 2. The first-order valence-corrected chi connectivity index (χ1v) is 8.25. The molecule has 1 aliphatic heterocycles. The third kappa shape index (κ3) is 2.55. The zero-order chi connectivity index (χ0) is 19.1. The molecule has 2 heterocycles. The first kappa shape index (κ1) is 16.5. The molecular weight excluding hydrogens is 344 g/mol. The Hall–Kier alpha value is -3.92. The van der Waals surface area contributed by atoms with Crippen LogP contribution >= 0.6 is 0 Å². The highest BCUT2D eigenvalue weighted by Crippen LogP contribution is 2.45. The summed E-state index contributed by atoms with van der Waals surface area (Å²) in [5.41, 5.74) is 9.02. The number of ether oxygens (including phenoxy) is 1. The fourth-order valence-electron chi connectivity index (χ4n) is 3.31. The van der Waals surface area contributed by atoms with Gasteiger partial charge in [-0.3, -0.25) is 0 Å². The number of aromatic nitrogens is 2. The van der Waals surface area contributed by atoms with Gasteiger partial charge in [-0.15, -0.1) is 0 Å². The summed E-state index contributed by atoms with van der Waals surface area (Å²) < 4.78 is 7.41. The maximum absolute atomic E-state index is 9.92. The molecule has 0 amide bonds. The van der Waals surface area contributed by atoms with Gasteiger partial charge in [-0.2, -0.15) is 10.4 Å². The van der Waals surface area contributed by atoms with Gasteiger partial charge in [0.05, 0.1) is 22.9 Å². The average molecular weight is 360 g/mol. The van der Waals surface area contributed by atoms with E-state index < -0.39 is 5.92 Å². The number of hydrogen-bond acceptors (Lipinski definition) is 6. The van der Waals surface area contributed by atoms with E-state index in [0.29, 0.717) is 22.7 Å². The SMILES string of the molecule is Cc1nn(-c2ccccc2)c2c1[C@@H](c1ccc(O)c(O)c1)C(C#N)=C(N)O2. The first-order chi connectivity index (χ1) is 13.0. The molecule has 134 valence electrons. The second-order valence-electron chi connectivity index (χ2n) is 6.22. The summed E-state index contributed by atoms with van der Waals surface area (Å²) in [4.78, 5) is 0. The Morgan fingerprint density at radius 2 is 1.89 bits per heavy atom. The lowest BCUT2D eigenvalue weighted by Crippen LogP contribution is -2.22. The van der Waals surface area contributed by atoms with Crippen molar-refractivity contribution in [2.45, 2.75) is 12.8 Å². The topological polar surface area (TPSA) is 117 Å². The van der Waals surface area contributed by atoms with E-state index in [9.17, 15) is 15.5 Å². The number of phenols is 2. The van der Waals surface area contributed by atoms with Crippen molar-refractivity contribution < 1.29 is 14.9 Å². The minimum absolute atomic E-state index is 0.0142. The molecule has 0 aliphatic carbocycles. The van der Waals surface area contributed by atoms with Gasteiger partial charge >= 0.3 is 0 Å². The predicted molar refractivity (Wildman–Crippen MR) is 97.4 cm³/mol. The number of nitrogens with two attached hydrogens (primary N) is 1. The summed E-state index contributed by atoms with van der Waals surface area (Å²) in [5, 5.41) is 33.8. The standard InChI is InChI=1S/C20H16N4O3/c1-11-17-18(12-7-8-15(25)16(26)9-12)14(10-21)19(22)27-20(17)24(23-11)13-5-3-2-4-6-13/h2-9,18,25-26H,22H2,1H3/t18-/m0/s1. The van der Waals surface area contributed by atoms with Gasteiger partial charge in [0.1, 0.15) is 11.6 Å². The van der Waals surface area contributed by atoms with Crippen LogP contribution in [0.3, 0.4) is 0 Å². The Balaban J connectivity index is 1.97. The molecule has 1 atom stereocenters. The van der Waals surface area contributed by atoms with Crippen molar-refractivity contribution in [3.63, 3.8) is 0 Å². The summed E-state index contributed by atoms with van der Waals surface area (Å²) in [6.45, 7) is 1.82. The van der Waals surface area contributed by atoms with E-state index in [1.807, 2.05) is 37.3 Å². The van der Waals surface area contributed by atoms with Crippen LogP contribution in [0, 0.1) is 18.3 Å². The van der Waals surface area contributed by atoms with E-state index in [2.05, 4.69) is 11.2 Å². The number of hydrogen-bond donors (Lipinski definition) is 3.